The fourth-order valence-electron chi connectivity index (χ4n) is 2.63. The molecule has 0 saturated heterocycles. The van der Waals surface area contributed by atoms with Crippen molar-refractivity contribution < 1.29 is 9.53 Å². The molecular formula is C20H34IN7O2. The molecule has 1 amide bonds. The molecule has 0 spiro atoms. The van der Waals surface area contributed by atoms with Crippen LogP contribution < -0.4 is 16.0 Å². The first-order chi connectivity index (χ1) is 13.9. The lowest BCUT2D eigenvalue weighted by molar-refractivity contribution is 0.0527. The fraction of sp³-hybridized carbons (Fsp3) is 0.600. The van der Waals surface area contributed by atoms with Gasteiger partial charge in [-0.2, -0.15) is 0 Å². The number of hydrogen-bond donors (Lipinski definition) is 3. The zero-order valence-corrected chi connectivity index (χ0v) is 20.6. The Morgan fingerprint density at radius 3 is 2.63 bits per heavy atom. The third-order valence-electron chi connectivity index (χ3n) is 3.87. The molecule has 30 heavy (non-hydrogen) atoms. The molecule has 2 aromatic heterocycles. The van der Waals surface area contributed by atoms with Crippen molar-refractivity contribution in [1.82, 2.24) is 30.5 Å². The highest BCUT2D eigenvalue weighted by Crippen LogP contribution is 2.06. The van der Waals surface area contributed by atoms with Gasteiger partial charge in [0.1, 0.15) is 11.4 Å². The second kappa shape index (κ2) is 13.2. The molecule has 0 saturated carbocycles. The lowest BCUT2D eigenvalue weighted by Gasteiger charge is -2.19. The minimum Gasteiger partial charge on any atom is -0.444 e. The summed E-state index contributed by atoms with van der Waals surface area (Å²) < 4.78 is 7.22. The van der Waals surface area contributed by atoms with Gasteiger partial charge >= 0.3 is 6.09 Å². The van der Waals surface area contributed by atoms with Gasteiger partial charge in [0.15, 0.2) is 11.6 Å². The summed E-state index contributed by atoms with van der Waals surface area (Å²) in [6.07, 6.45) is 4.07. The molecule has 2 heterocycles. The van der Waals surface area contributed by atoms with Crippen LogP contribution >= 0.6 is 24.0 Å². The number of aliphatic imine (C=N–C) groups is 1. The molecule has 2 aromatic rings. The number of ether oxygens (including phenoxy) is 1. The number of hydrogen-bond acceptors (Lipinski definition) is 5. The summed E-state index contributed by atoms with van der Waals surface area (Å²) in [6, 6.07) is 5.88. The fourth-order valence-corrected chi connectivity index (χ4v) is 2.63. The van der Waals surface area contributed by atoms with Gasteiger partial charge in [-0.3, -0.25) is 9.39 Å². The summed E-state index contributed by atoms with van der Waals surface area (Å²) in [7, 11) is 0. The Kier molecular flexibility index (Phi) is 11.4. The largest absolute Gasteiger partial charge is 0.444 e. The third-order valence-corrected chi connectivity index (χ3v) is 3.87. The van der Waals surface area contributed by atoms with Crippen LogP contribution in [0.5, 0.6) is 0 Å². The standard InChI is InChI=1S/C20H33N7O2.HI/c1-5-21-18(23-13-9-14-24-19(28)29-20(2,3)4)22-12-8-11-17-26-25-16-10-6-7-15-27(16)17;/h6-7,10,15H,5,8-9,11-14H2,1-4H3,(H,24,28)(H2,21,22,23);1H. The van der Waals surface area contributed by atoms with E-state index in [1.54, 1.807) is 0 Å². The highest BCUT2D eigenvalue weighted by Gasteiger charge is 2.15. The Morgan fingerprint density at radius 2 is 1.90 bits per heavy atom. The van der Waals surface area contributed by atoms with Crippen LogP contribution in [0.3, 0.4) is 0 Å². The molecule has 0 fully saturated rings. The van der Waals surface area contributed by atoms with Crippen LogP contribution in [0.25, 0.3) is 5.65 Å². The zero-order chi connectivity index (χ0) is 21.1. The molecule has 3 N–H and O–H groups in total. The van der Waals surface area contributed by atoms with Crippen LogP contribution in [0.2, 0.25) is 0 Å². The van der Waals surface area contributed by atoms with E-state index in [4.69, 9.17) is 4.74 Å². The quantitative estimate of drug-likeness (QED) is 0.199. The monoisotopic (exact) mass is 531 g/mol. The SMILES string of the molecule is CCNC(=NCCCNC(=O)OC(C)(C)C)NCCCc1nnc2ccccn12.I. The molecular weight excluding hydrogens is 497 g/mol. The maximum atomic E-state index is 11.6. The Bertz CT molecular complexity index is 802. The van der Waals surface area contributed by atoms with Crippen molar-refractivity contribution in [3.63, 3.8) is 0 Å². The normalized spacial score (nSPS) is 11.7. The molecule has 168 valence electrons. The number of rotatable bonds is 9. The van der Waals surface area contributed by atoms with Crippen LogP contribution in [0, 0.1) is 0 Å². The van der Waals surface area contributed by atoms with Crippen molar-refractivity contribution in [1.29, 1.82) is 0 Å². The molecule has 0 atom stereocenters. The van der Waals surface area contributed by atoms with Gasteiger partial charge < -0.3 is 20.7 Å². The first-order valence-electron chi connectivity index (χ1n) is 10.2. The number of halogens is 1. The van der Waals surface area contributed by atoms with E-state index in [-0.39, 0.29) is 24.0 Å². The number of guanidine groups is 1. The first kappa shape index (κ1) is 25.9. The first-order valence-corrected chi connectivity index (χ1v) is 10.2. The summed E-state index contributed by atoms with van der Waals surface area (Å²) in [5, 5.41) is 17.7. The summed E-state index contributed by atoms with van der Waals surface area (Å²) in [5.74, 6) is 1.73. The number of alkyl carbamates (subject to hydrolysis) is 1. The predicted molar refractivity (Wildman–Crippen MR) is 130 cm³/mol. The van der Waals surface area contributed by atoms with E-state index in [0.717, 1.165) is 49.8 Å². The van der Waals surface area contributed by atoms with E-state index in [2.05, 4.69) is 31.1 Å². The second-order valence-electron chi connectivity index (χ2n) is 7.62. The van der Waals surface area contributed by atoms with Crippen LogP contribution in [0.4, 0.5) is 4.79 Å². The maximum absolute atomic E-state index is 11.6. The molecule has 0 unspecified atom stereocenters. The lowest BCUT2D eigenvalue weighted by atomic mass is 10.2. The molecule has 0 aliphatic heterocycles. The number of nitrogens with zero attached hydrogens (tertiary/aromatic N) is 4. The zero-order valence-electron chi connectivity index (χ0n) is 18.3. The number of aromatic nitrogens is 3. The number of nitrogens with one attached hydrogen (secondary N) is 3. The van der Waals surface area contributed by atoms with Crippen molar-refractivity contribution in [3.8, 4) is 0 Å². The van der Waals surface area contributed by atoms with Gasteiger partial charge in [0, 0.05) is 38.8 Å². The van der Waals surface area contributed by atoms with Crippen molar-refractivity contribution in [3.05, 3.63) is 30.2 Å². The highest BCUT2D eigenvalue weighted by molar-refractivity contribution is 14.0. The number of carbonyl (C=O) groups is 1. The van der Waals surface area contributed by atoms with E-state index in [9.17, 15) is 4.79 Å². The van der Waals surface area contributed by atoms with Crippen molar-refractivity contribution in [2.75, 3.05) is 26.2 Å². The summed E-state index contributed by atoms with van der Waals surface area (Å²) in [5.41, 5.74) is 0.383. The summed E-state index contributed by atoms with van der Waals surface area (Å²) >= 11 is 0. The maximum Gasteiger partial charge on any atom is 0.407 e. The van der Waals surface area contributed by atoms with E-state index >= 15 is 0 Å². The smallest absolute Gasteiger partial charge is 0.407 e. The number of amides is 1. The summed E-state index contributed by atoms with van der Waals surface area (Å²) in [6.45, 7) is 10.3. The molecule has 2 rings (SSSR count). The Morgan fingerprint density at radius 1 is 1.13 bits per heavy atom. The van der Waals surface area contributed by atoms with E-state index in [1.807, 2.05) is 56.5 Å². The number of fused-ring (bicyclic) bond motifs is 1. The van der Waals surface area contributed by atoms with Gasteiger partial charge in [-0.1, -0.05) is 6.07 Å². The van der Waals surface area contributed by atoms with Gasteiger partial charge in [0.25, 0.3) is 0 Å². The predicted octanol–water partition coefficient (Wildman–Crippen LogP) is 2.75. The average molecular weight is 531 g/mol. The van der Waals surface area contributed by atoms with Crippen LogP contribution in [0.1, 0.15) is 46.4 Å². The average Bonchev–Trinajstić information content (AvgIpc) is 3.06. The van der Waals surface area contributed by atoms with Gasteiger partial charge in [0.2, 0.25) is 0 Å². The Hall–Kier alpha value is -2.11. The molecule has 10 heteroatoms. The topological polar surface area (TPSA) is 105 Å². The Balaban J connectivity index is 0.00000450. The van der Waals surface area contributed by atoms with Gasteiger partial charge in [0.05, 0.1) is 0 Å². The molecule has 0 aromatic carbocycles. The molecule has 0 bridgehead atoms. The van der Waals surface area contributed by atoms with E-state index in [1.165, 1.54) is 0 Å². The Labute approximate surface area is 195 Å². The minimum absolute atomic E-state index is 0. The molecule has 9 nitrogen and oxygen atoms in total. The second-order valence-corrected chi connectivity index (χ2v) is 7.62. The van der Waals surface area contributed by atoms with Gasteiger partial charge in [-0.25, -0.2) is 4.79 Å². The van der Waals surface area contributed by atoms with Gasteiger partial charge in [-0.15, -0.1) is 34.2 Å². The van der Waals surface area contributed by atoms with Crippen LogP contribution in [0.15, 0.2) is 29.4 Å². The number of pyridine rings is 1. The van der Waals surface area contributed by atoms with Crippen molar-refractivity contribution in [2.24, 2.45) is 4.99 Å². The molecule has 0 radical (unpaired) electrons. The number of aryl methyl sites for hydroxylation is 1. The lowest BCUT2D eigenvalue weighted by Crippen LogP contribution is -2.38. The number of carbonyl (C=O) groups excluding carboxylic acids is 1. The van der Waals surface area contributed by atoms with Gasteiger partial charge in [-0.05, 0) is 52.7 Å². The van der Waals surface area contributed by atoms with Crippen molar-refractivity contribution >= 4 is 41.7 Å². The van der Waals surface area contributed by atoms with E-state index in [0.29, 0.717) is 13.1 Å². The highest BCUT2D eigenvalue weighted by atomic mass is 127. The van der Waals surface area contributed by atoms with Crippen molar-refractivity contribution in [2.45, 2.75) is 52.6 Å². The van der Waals surface area contributed by atoms with Crippen LogP contribution in [-0.2, 0) is 11.2 Å². The van der Waals surface area contributed by atoms with E-state index < -0.39 is 11.7 Å². The van der Waals surface area contributed by atoms with Crippen LogP contribution in [-0.4, -0.2) is 58.4 Å². The third kappa shape index (κ3) is 9.59. The molecule has 0 aliphatic rings. The summed E-state index contributed by atoms with van der Waals surface area (Å²) in [4.78, 5) is 16.1. The molecule has 0 aliphatic carbocycles. The minimum atomic E-state index is -0.483.